The minimum Gasteiger partial charge on any atom is -0.508 e. The average Bonchev–Trinajstić information content (AvgIpc) is 2.91. The zero-order valence-electron chi connectivity index (χ0n) is 12.0. The van der Waals surface area contributed by atoms with Crippen LogP contribution in [0.2, 0.25) is 0 Å². The van der Waals surface area contributed by atoms with Crippen molar-refractivity contribution in [3.8, 4) is 11.5 Å². The van der Waals surface area contributed by atoms with E-state index in [1.54, 1.807) is 25.3 Å². The molecule has 1 aromatic carbocycles. The lowest BCUT2D eigenvalue weighted by atomic mass is 10.1. The van der Waals surface area contributed by atoms with Crippen LogP contribution in [0.5, 0.6) is 11.5 Å². The number of nitrogens with zero attached hydrogens (tertiary/aromatic N) is 3. The number of methoxy groups -OCH3 is 1. The molecule has 22 heavy (non-hydrogen) atoms. The number of hydrogen-bond donors (Lipinski definition) is 2. The molecule has 2 heterocycles. The van der Waals surface area contributed by atoms with Crippen LogP contribution in [-0.4, -0.2) is 26.8 Å². The van der Waals surface area contributed by atoms with E-state index >= 15 is 0 Å². The van der Waals surface area contributed by atoms with E-state index in [0.29, 0.717) is 21.4 Å². The van der Waals surface area contributed by atoms with Crippen LogP contribution in [0.1, 0.15) is 18.5 Å². The van der Waals surface area contributed by atoms with Gasteiger partial charge in [0.05, 0.1) is 13.2 Å². The molecule has 8 heteroatoms. The monoisotopic (exact) mass is 318 g/mol. The van der Waals surface area contributed by atoms with Crippen LogP contribution in [0.3, 0.4) is 0 Å². The third-order valence-corrected chi connectivity index (χ3v) is 4.07. The Morgan fingerprint density at radius 3 is 2.95 bits per heavy atom. The lowest BCUT2D eigenvalue weighted by Crippen LogP contribution is -2.13. The van der Waals surface area contributed by atoms with Crippen LogP contribution in [-0.2, 0) is 0 Å². The minimum atomic E-state index is -0.230. The quantitative estimate of drug-likeness (QED) is 0.765. The summed E-state index contributed by atoms with van der Waals surface area (Å²) in [4.78, 5) is 16.3. The van der Waals surface area contributed by atoms with Gasteiger partial charge in [-0.3, -0.25) is 4.79 Å². The molecule has 0 aliphatic heterocycles. The van der Waals surface area contributed by atoms with E-state index in [1.807, 2.05) is 6.92 Å². The second kappa shape index (κ2) is 5.64. The highest BCUT2D eigenvalue weighted by atomic mass is 32.1. The first kappa shape index (κ1) is 14.3. The molecule has 0 saturated heterocycles. The van der Waals surface area contributed by atoms with Crippen molar-refractivity contribution >= 4 is 21.4 Å². The summed E-state index contributed by atoms with van der Waals surface area (Å²) in [6.07, 6.45) is 1.46. The van der Waals surface area contributed by atoms with Gasteiger partial charge in [0.2, 0.25) is 10.1 Å². The Morgan fingerprint density at radius 2 is 2.23 bits per heavy atom. The topological polar surface area (TPSA) is 88.8 Å². The maximum absolute atomic E-state index is 11.7. The van der Waals surface area contributed by atoms with E-state index in [4.69, 9.17) is 4.74 Å². The Labute approximate surface area is 129 Å². The highest BCUT2D eigenvalue weighted by Crippen LogP contribution is 2.31. The Hall–Kier alpha value is -2.61. The van der Waals surface area contributed by atoms with Crippen molar-refractivity contribution in [1.29, 1.82) is 0 Å². The summed E-state index contributed by atoms with van der Waals surface area (Å²) in [5.74, 6) is 0.820. The molecule has 0 radical (unpaired) electrons. The van der Waals surface area contributed by atoms with Crippen molar-refractivity contribution in [1.82, 2.24) is 14.6 Å². The summed E-state index contributed by atoms with van der Waals surface area (Å²) < 4.78 is 6.41. The van der Waals surface area contributed by atoms with Gasteiger partial charge in [-0.15, -0.1) is 5.10 Å². The predicted octanol–water partition coefficient (Wildman–Crippen LogP) is 2.04. The number of aromatic nitrogens is 3. The minimum absolute atomic E-state index is 0.164. The number of fused-ring (bicyclic) bond motifs is 1. The number of nitrogens with one attached hydrogen (secondary N) is 1. The number of phenols is 1. The molecule has 2 aromatic heterocycles. The van der Waals surface area contributed by atoms with Crippen LogP contribution in [0.4, 0.5) is 5.13 Å². The molecule has 3 rings (SSSR count). The predicted molar refractivity (Wildman–Crippen MR) is 83.8 cm³/mol. The summed E-state index contributed by atoms with van der Waals surface area (Å²) in [6, 6.07) is 6.16. The highest BCUT2D eigenvalue weighted by molar-refractivity contribution is 7.20. The van der Waals surface area contributed by atoms with Gasteiger partial charge in [-0.25, -0.2) is 4.98 Å². The summed E-state index contributed by atoms with van der Waals surface area (Å²) >= 11 is 1.27. The standard InChI is InChI=1S/C14H14N4O3S/c1-8(10-7-9(21-2)3-4-11(10)19)16-13-17-18-12(20)5-6-15-14(18)22-13/h3-8,19H,1-2H3,(H,16,17). The summed E-state index contributed by atoms with van der Waals surface area (Å²) in [7, 11) is 1.57. The van der Waals surface area contributed by atoms with E-state index in [-0.39, 0.29) is 17.4 Å². The lowest BCUT2D eigenvalue weighted by Gasteiger charge is -2.15. The first-order valence-corrected chi connectivity index (χ1v) is 7.38. The first-order chi connectivity index (χ1) is 10.6. The molecular weight excluding hydrogens is 304 g/mol. The van der Waals surface area contributed by atoms with Crippen molar-refractivity contribution in [3.05, 3.63) is 46.4 Å². The van der Waals surface area contributed by atoms with Crippen molar-refractivity contribution in [2.75, 3.05) is 12.4 Å². The number of phenolic OH excluding ortho intramolecular Hbond substituents is 1. The van der Waals surface area contributed by atoms with Gasteiger partial charge in [0.15, 0.2) is 0 Å². The second-order valence-electron chi connectivity index (χ2n) is 4.68. The van der Waals surface area contributed by atoms with Crippen molar-refractivity contribution in [2.24, 2.45) is 0 Å². The van der Waals surface area contributed by atoms with E-state index in [9.17, 15) is 9.90 Å². The largest absolute Gasteiger partial charge is 0.508 e. The van der Waals surface area contributed by atoms with E-state index in [1.165, 1.54) is 28.1 Å². The summed E-state index contributed by atoms with van der Waals surface area (Å²) in [5, 5.41) is 17.9. The van der Waals surface area contributed by atoms with E-state index < -0.39 is 0 Å². The lowest BCUT2D eigenvalue weighted by molar-refractivity contribution is 0.410. The van der Waals surface area contributed by atoms with Crippen molar-refractivity contribution < 1.29 is 9.84 Å². The molecule has 3 aromatic rings. The smallest absolute Gasteiger partial charge is 0.275 e. The molecular formula is C14H14N4O3S. The average molecular weight is 318 g/mol. The van der Waals surface area contributed by atoms with Crippen LogP contribution in [0, 0.1) is 0 Å². The fourth-order valence-corrected chi connectivity index (χ4v) is 2.93. The van der Waals surface area contributed by atoms with Gasteiger partial charge in [-0.2, -0.15) is 4.52 Å². The Kier molecular flexibility index (Phi) is 3.68. The summed E-state index contributed by atoms with van der Waals surface area (Å²) in [5.41, 5.74) is 0.449. The Morgan fingerprint density at radius 1 is 1.41 bits per heavy atom. The fourth-order valence-electron chi connectivity index (χ4n) is 2.07. The van der Waals surface area contributed by atoms with Gasteiger partial charge in [0.1, 0.15) is 11.5 Å². The molecule has 0 spiro atoms. The second-order valence-corrected chi connectivity index (χ2v) is 5.63. The zero-order valence-corrected chi connectivity index (χ0v) is 12.8. The molecule has 0 aliphatic carbocycles. The van der Waals surface area contributed by atoms with Crippen LogP contribution in [0.25, 0.3) is 4.96 Å². The van der Waals surface area contributed by atoms with Gasteiger partial charge in [0, 0.05) is 17.8 Å². The zero-order chi connectivity index (χ0) is 15.7. The van der Waals surface area contributed by atoms with Gasteiger partial charge in [-0.05, 0) is 25.1 Å². The van der Waals surface area contributed by atoms with E-state index in [2.05, 4.69) is 15.4 Å². The van der Waals surface area contributed by atoms with Gasteiger partial charge in [0.25, 0.3) is 5.56 Å². The van der Waals surface area contributed by atoms with Crippen LogP contribution < -0.4 is 15.6 Å². The Balaban J connectivity index is 1.91. The molecule has 1 unspecified atom stereocenters. The number of aromatic hydroxyl groups is 1. The molecule has 0 fully saturated rings. The third kappa shape index (κ3) is 2.60. The molecule has 7 nitrogen and oxygen atoms in total. The van der Waals surface area contributed by atoms with Crippen LogP contribution >= 0.6 is 11.3 Å². The molecule has 1 atom stereocenters. The fraction of sp³-hybridized carbons (Fsp3) is 0.214. The molecule has 114 valence electrons. The van der Waals surface area contributed by atoms with Crippen molar-refractivity contribution in [2.45, 2.75) is 13.0 Å². The normalized spacial score (nSPS) is 12.3. The number of ether oxygens (including phenoxy) is 1. The number of rotatable bonds is 4. The van der Waals surface area contributed by atoms with Gasteiger partial charge < -0.3 is 15.2 Å². The molecule has 0 amide bonds. The molecule has 0 bridgehead atoms. The number of anilines is 1. The maximum Gasteiger partial charge on any atom is 0.275 e. The van der Waals surface area contributed by atoms with Crippen LogP contribution in [0.15, 0.2) is 35.3 Å². The van der Waals surface area contributed by atoms with Crippen molar-refractivity contribution in [3.63, 3.8) is 0 Å². The molecule has 2 N–H and O–H groups in total. The first-order valence-electron chi connectivity index (χ1n) is 6.57. The van der Waals surface area contributed by atoms with Gasteiger partial charge >= 0.3 is 0 Å². The maximum atomic E-state index is 11.7. The molecule has 0 aliphatic rings. The number of benzene rings is 1. The third-order valence-electron chi connectivity index (χ3n) is 3.21. The highest BCUT2D eigenvalue weighted by Gasteiger charge is 2.14. The van der Waals surface area contributed by atoms with Gasteiger partial charge in [-0.1, -0.05) is 11.3 Å². The SMILES string of the molecule is COc1ccc(O)c(C(C)Nc2nn3c(=O)ccnc3s2)c1. The Bertz CT molecular complexity index is 874. The number of hydrogen-bond acceptors (Lipinski definition) is 7. The van der Waals surface area contributed by atoms with E-state index in [0.717, 1.165) is 0 Å². The summed E-state index contributed by atoms with van der Waals surface area (Å²) in [6.45, 7) is 1.89. The molecule has 0 saturated carbocycles.